The van der Waals surface area contributed by atoms with Gasteiger partial charge in [-0.25, -0.2) is 9.37 Å². The van der Waals surface area contributed by atoms with E-state index in [1.165, 1.54) is 18.9 Å². The van der Waals surface area contributed by atoms with E-state index in [9.17, 15) is 4.39 Å². The van der Waals surface area contributed by atoms with Gasteiger partial charge in [-0.15, -0.1) is 0 Å². The monoisotopic (exact) mass is 316 g/mol. The highest BCUT2D eigenvalue weighted by molar-refractivity contribution is 5.38. The summed E-state index contributed by atoms with van der Waals surface area (Å²) in [5.74, 6) is 1.82. The van der Waals surface area contributed by atoms with E-state index < -0.39 is 0 Å². The number of nitrogens with zero attached hydrogens (tertiary/aromatic N) is 1. The van der Waals surface area contributed by atoms with Crippen molar-refractivity contribution in [2.75, 3.05) is 19.7 Å². The average Bonchev–Trinajstić information content (AvgIpc) is 2.58. The Morgan fingerprint density at radius 1 is 1.35 bits per heavy atom. The molecule has 0 amide bonds. The van der Waals surface area contributed by atoms with Crippen molar-refractivity contribution in [3.63, 3.8) is 0 Å². The summed E-state index contributed by atoms with van der Waals surface area (Å²) in [7, 11) is 0. The second-order valence-electron chi connectivity index (χ2n) is 5.84. The maximum absolute atomic E-state index is 13.3. The summed E-state index contributed by atoms with van der Waals surface area (Å²) >= 11 is 0. The van der Waals surface area contributed by atoms with Crippen molar-refractivity contribution in [2.45, 2.75) is 19.8 Å². The minimum Gasteiger partial charge on any atom is -0.488 e. The molecule has 2 heterocycles. The Morgan fingerprint density at radius 3 is 3.04 bits per heavy atom. The molecule has 0 aliphatic carbocycles. The predicted molar refractivity (Wildman–Crippen MR) is 86.5 cm³/mol. The van der Waals surface area contributed by atoms with Gasteiger partial charge < -0.3 is 14.8 Å². The average molecular weight is 316 g/mol. The number of ether oxygens (including phenoxy) is 2. The fourth-order valence-electron chi connectivity index (χ4n) is 2.63. The third kappa shape index (κ3) is 4.20. The van der Waals surface area contributed by atoms with E-state index in [-0.39, 0.29) is 5.82 Å². The third-order valence-electron chi connectivity index (χ3n) is 3.95. The molecule has 0 saturated carbocycles. The zero-order chi connectivity index (χ0) is 16.1. The maximum atomic E-state index is 13.3. The van der Waals surface area contributed by atoms with Gasteiger partial charge in [0.15, 0.2) is 5.75 Å². The van der Waals surface area contributed by atoms with Gasteiger partial charge in [-0.1, -0.05) is 0 Å². The largest absolute Gasteiger partial charge is 0.488 e. The molecule has 122 valence electrons. The summed E-state index contributed by atoms with van der Waals surface area (Å²) in [4.78, 5) is 4.23. The zero-order valence-corrected chi connectivity index (χ0v) is 13.2. The lowest BCUT2D eigenvalue weighted by molar-refractivity contribution is 0.212. The van der Waals surface area contributed by atoms with Crippen molar-refractivity contribution in [1.82, 2.24) is 10.3 Å². The molecule has 1 fully saturated rings. The molecule has 1 aliphatic heterocycles. The Balaban J connectivity index is 1.68. The molecular formula is C18H21FN2O2. The molecular weight excluding hydrogens is 295 g/mol. The lowest BCUT2D eigenvalue weighted by Crippen LogP contribution is -2.33. The van der Waals surface area contributed by atoms with Gasteiger partial charge in [-0.3, -0.25) is 0 Å². The minimum absolute atomic E-state index is 0.250. The first-order chi connectivity index (χ1) is 11.2. The highest BCUT2D eigenvalue weighted by atomic mass is 19.1. The van der Waals surface area contributed by atoms with Crippen LogP contribution in [0.3, 0.4) is 0 Å². The highest BCUT2D eigenvalue weighted by Crippen LogP contribution is 2.30. The summed E-state index contributed by atoms with van der Waals surface area (Å²) in [6.45, 7) is 4.40. The molecule has 23 heavy (non-hydrogen) atoms. The summed E-state index contributed by atoms with van der Waals surface area (Å²) in [5.41, 5.74) is 0.536. The number of hydrogen-bond donors (Lipinski definition) is 1. The molecule has 1 N–H and O–H groups in total. The molecule has 1 unspecified atom stereocenters. The molecule has 4 nitrogen and oxygen atoms in total. The second-order valence-corrected chi connectivity index (χ2v) is 5.84. The van der Waals surface area contributed by atoms with Gasteiger partial charge >= 0.3 is 0 Å². The molecule has 1 atom stereocenters. The van der Waals surface area contributed by atoms with Gasteiger partial charge in [0, 0.05) is 18.7 Å². The number of hydrogen-bond acceptors (Lipinski definition) is 4. The van der Waals surface area contributed by atoms with Crippen molar-refractivity contribution < 1.29 is 13.9 Å². The Morgan fingerprint density at radius 2 is 2.26 bits per heavy atom. The maximum Gasteiger partial charge on any atom is 0.262 e. The zero-order valence-electron chi connectivity index (χ0n) is 13.2. The summed E-state index contributed by atoms with van der Waals surface area (Å²) in [6, 6.07) is 8.29. The minimum atomic E-state index is -0.250. The van der Waals surface area contributed by atoms with E-state index in [4.69, 9.17) is 9.47 Å². The third-order valence-corrected chi connectivity index (χ3v) is 3.95. The number of pyridine rings is 1. The molecule has 0 spiro atoms. The van der Waals surface area contributed by atoms with Crippen LogP contribution < -0.4 is 14.8 Å². The van der Waals surface area contributed by atoms with Crippen LogP contribution in [0.1, 0.15) is 18.4 Å². The molecule has 0 radical (unpaired) electrons. The van der Waals surface area contributed by atoms with E-state index >= 15 is 0 Å². The molecule has 0 bridgehead atoms. The number of piperidine rings is 1. The van der Waals surface area contributed by atoms with Crippen LogP contribution in [0, 0.1) is 18.7 Å². The van der Waals surface area contributed by atoms with Crippen LogP contribution >= 0.6 is 0 Å². The van der Waals surface area contributed by atoms with Gasteiger partial charge in [0.25, 0.3) is 5.88 Å². The van der Waals surface area contributed by atoms with Crippen LogP contribution in [0.5, 0.6) is 17.4 Å². The first-order valence-electron chi connectivity index (χ1n) is 7.95. The summed E-state index contributed by atoms with van der Waals surface area (Å²) in [6.07, 6.45) is 4.00. The Labute approximate surface area is 135 Å². The van der Waals surface area contributed by atoms with Crippen molar-refractivity contribution in [3.05, 3.63) is 47.9 Å². The SMILES string of the molecule is Cc1cc(Oc2ncccc2OCC2CCCNC2)ccc1F. The van der Waals surface area contributed by atoms with Crippen LogP contribution in [0.4, 0.5) is 4.39 Å². The number of benzene rings is 1. The first kappa shape index (κ1) is 15.7. The van der Waals surface area contributed by atoms with Crippen molar-refractivity contribution in [2.24, 2.45) is 5.92 Å². The number of rotatable bonds is 5. The quantitative estimate of drug-likeness (QED) is 0.913. The molecule has 1 aromatic heterocycles. The van der Waals surface area contributed by atoms with Gasteiger partial charge in [0.1, 0.15) is 11.6 Å². The molecule has 1 saturated heterocycles. The van der Waals surface area contributed by atoms with Crippen LogP contribution in [-0.4, -0.2) is 24.7 Å². The van der Waals surface area contributed by atoms with Gasteiger partial charge in [0.2, 0.25) is 0 Å². The molecule has 1 aromatic carbocycles. The molecule has 2 aromatic rings. The van der Waals surface area contributed by atoms with Crippen molar-refractivity contribution in [1.29, 1.82) is 0 Å². The molecule has 3 rings (SSSR count). The Kier molecular flexibility index (Phi) is 5.08. The van der Waals surface area contributed by atoms with E-state index in [2.05, 4.69) is 10.3 Å². The Hall–Kier alpha value is -2.14. The fraction of sp³-hybridized carbons (Fsp3) is 0.389. The van der Waals surface area contributed by atoms with Crippen molar-refractivity contribution in [3.8, 4) is 17.4 Å². The van der Waals surface area contributed by atoms with Crippen LogP contribution in [-0.2, 0) is 0 Å². The second kappa shape index (κ2) is 7.42. The topological polar surface area (TPSA) is 43.4 Å². The van der Waals surface area contributed by atoms with Crippen LogP contribution in [0.15, 0.2) is 36.5 Å². The van der Waals surface area contributed by atoms with Crippen LogP contribution in [0.25, 0.3) is 0 Å². The standard InChI is InChI=1S/C18H21FN2O2/c1-13-10-15(6-7-16(13)19)23-18-17(5-3-9-21-18)22-12-14-4-2-8-20-11-14/h3,5-7,9-10,14,20H,2,4,8,11-12H2,1H3. The molecule has 1 aliphatic rings. The van der Waals surface area contributed by atoms with Gasteiger partial charge in [-0.2, -0.15) is 0 Å². The predicted octanol–water partition coefficient (Wildman–Crippen LogP) is 3.70. The summed E-state index contributed by atoms with van der Waals surface area (Å²) in [5, 5.41) is 3.37. The van der Waals surface area contributed by atoms with E-state index in [1.807, 2.05) is 12.1 Å². The Bertz CT molecular complexity index is 657. The van der Waals surface area contributed by atoms with Crippen LogP contribution in [0.2, 0.25) is 0 Å². The van der Waals surface area contributed by atoms with Crippen molar-refractivity contribution >= 4 is 0 Å². The number of aryl methyl sites for hydroxylation is 1. The van der Waals surface area contributed by atoms with E-state index in [1.54, 1.807) is 25.3 Å². The first-order valence-corrected chi connectivity index (χ1v) is 7.95. The number of nitrogens with one attached hydrogen (secondary N) is 1. The van der Waals surface area contributed by atoms with E-state index in [0.29, 0.717) is 35.5 Å². The van der Waals surface area contributed by atoms with Gasteiger partial charge in [-0.05, 0) is 62.2 Å². The lowest BCUT2D eigenvalue weighted by atomic mass is 10.0. The fourth-order valence-corrected chi connectivity index (χ4v) is 2.63. The number of aromatic nitrogens is 1. The number of halogens is 1. The van der Waals surface area contributed by atoms with Gasteiger partial charge in [0.05, 0.1) is 6.61 Å². The smallest absolute Gasteiger partial charge is 0.262 e. The normalized spacial score (nSPS) is 17.7. The lowest BCUT2D eigenvalue weighted by Gasteiger charge is -2.23. The summed E-state index contributed by atoms with van der Waals surface area (Å²) < 4.78 is 25.0. The highest BCUT2D eigenvalue weighted by Gasteiger charge is 2.15. The molecule has 5 heteroatoms. The van der Waals surface area contributed by atoms with E-state index in [0.717, 1.165) is 13.1 Å².